The smallest absolute Gasteiger partial charge is 0.305 e. The van der Waals surface area contributed by atoms with Gasteiger partial charge in [-0.15, -0.1) is 0 Å². The Labute approximate surface area is 183 Å². The van der Waals surface area contributed by atoms with Gasteiger partial charge in [0.2, 0.25) is 0 Å². The molecule has 0 aliphatic rings. The van der Waals surface area contributed by atoms with E-state index in [-0.39, 0.29) is 12.6 Å². The Morgan fingerprint density at radius 2 is 0.862 bits per heavy atom. The fourth-order valence-corrected chi connectivity index (χ4v) is 3.43. The maximum atomic E-state index is 11.7. The zero-order chi connectivity index (χ0) is 21.8. The molecule has 0 aromatic heterocycles. The first-order chi connectivity index (χ1) is 14.2. The third kappa shape index (κ3) is 32.3. The molecule has 0 amide bonds. The van der Waals surface area contributed by atoms with Crippen molar-refractivity contribution in [3.8, 4) is 0 Å². The van der Waals surface area contributed by atoms with Crippen molar-refractivity contribution >= 4 is 5.97 Å². The highest BCUT2D eigenvalue weighted by molar-refractivity contribution is 5.69. The van der Waals surface area contributed by atoms with Crippen molar-refractivity contribution in [1.82, 2.24) is 0 Å². The van der Waals surface area contributed by atoms with Crippen LogP contribution in [0, 0.1) is 0 Å². The number of esters is 1. The van der Waals surface area contributed by atoms with Crippen molar-refractivity contribution in [2.45, 2.75) is 149 Å². The maximum Gasteiger partial charge on any atom is 0.305 e. The molecule has 0 radical (unpaired) electrons. The molecule has 29 heavy (non-hydrogen) atoms. The highest BCUT2D eigenvalue weighted by Crippen LogP contribution is 2.12. The van der Waals surface area contributed by atoms with E-state index in [1.165, 1.54) is 109 Å². The summed E-state index contributed by atoms with van der Waals surface area (Å²) in [5.74, 6) is 0.0175. The predicted octanol–water partition coefficient (Wildman–Crippen LogP) is 8.37. The number of rotatable bonds is 21. The van der Waals surface area contributed by atoms with Gasteiger partial charge in [0.25, 0.3) is 0 Å². The molecule has 0 atom stereocenters. The molecule has 0 fully saturated rings. The quantitative estimate of drug-likeness (QED) is 0.151. The van der Waals surface area contributed by atoms with Gasteiger partial charge in [-0.1, -0.05) is 123 Å². The summed E-state index contributed by atoms with van der Waals surface area (Å²) in [5, 5.41) is 7.57. The topological polar surface area (TPSA) is 46.5 Å². The Morgan fingerprint density at radius 1 is 0.552 bits per heavy atom. The second-order valence-electron chi connectivity index (χ2n) is 8.30. The number of ether oxygens (including phenoxy) is 1. The van der Waals surface area contributed by atoms with Crippen LogP contribution in [-0.2, 0) is 9.53 Å². The third-order valence-electron chi connectivity index (χ3n) is 5.25. The monoisotopic (exact) mass is 414 g/mol. The van der Waals surface area contributed by atoms with Gasteiger partial charge < -0.3 is 9.84 Å². The number of aliphatic hydroxyl groups excluding tert-OH is 1. The van der Waals surface area contributed by atoms with Gasteiger partial charge in [0, 0.05) is 13.0 Å². The van der Waals surface area contributed by atoms with Crippen LogP contribution < -0.4 is 0 Å². The van der Waals surface area contributed by atoms with Gasteiger partial charge >= 0.3 is 5.97 Å². The Morgan fingerprint density at radius 3 is 1.24 bits per heavy atom. The van der Waals surface area contributed by atoms with Crippen LogP contribution in [0.1, 0.15) is 149 Å². The summed E-state index contributed by atoms with van der Waals surface area (Å²) < 4.78 is 5.34. The Kier molecular flexibility index (Phi) is 31.3. The highest BCUT2D eigenvalue weighted by Gasteiger charge is 2.02. The van der Waals surface area contributed by atoms with Crippen molar-refractivity contribution in [3.63, 3.8) is 0 Å². The molecule has 0 unspecified atom stereocenters. The lowest BCUT2D eigenvalue weighted by molar-refractivity contribution is -0.143. The van der Waals surface area contributed by atoms with E-state index in [1.807, 2.05) is 0 Å². The molecule has 0 aromatic carbocycles. The molecule has 3 heteroatoms. The third-order valence-corrected chi connectivity index (χ3v) is 5.25. The lowest BCUT2D eigenvalue weighted by Crippen LogP contribution is -2.05. The minimum Gasteiger partial charge on any atom is -0.466 e. The van der Waals surface area contributed by atoms with Crippen molar-refractivity contribution < 1.29 is 14.6 Å². The summed E-state index contributed by atoms with van der Waals surface area (Å²) in [6.45, 7) is 7.09. The van der Waals surface area contributed by atoms with Gasteiger partial charge in [-0.25, -0.2) is 0 Å². The molecule has 0 bridgehead atoms. The van der Waals surface area contributed by atoms with Crippen molar-refractivity contribution in [2.75, 3.05) is 13.2 Å². The molecule has 0 aliphatic carbocycles. The van der Waals surface area contributed by atoms with Crippen LogP contribution in [0.2, 0.25) is 0 Å². The minimum atomic E-state index is 0.0175. The molecule has 1 N–H and O–H groups in total. The van der Waals surface area contributed by atoms with Gasteiger partial charge in [-0.3, -0.25) is 4.79 Å². The van der Waals surface area contributed by atoms with Crippen LogP contribution in [0.5, 0.6) is 0 Å². The zero-order valence-corrected chi connectivity index (χ0v) is 20.3. The van der Waals surface area contributed by atoms with E-state index in [9.17, 15) is 4.79 Å². The molecule has 0 spiro atoms. The second-order valence-corrected chi connectivity index (χ2v) is 8.30. The first-order valence-electron chi connectivity index (χ1n) is 13.0. The fourth-order valence-electron chi connectivity index (χ4n) is 3.43. The van der Waals surface area contributed by atoms with E-state index in [4.69, 9.17) is 9.84 Å². The Balaban J connectivity index is 0. The summed E-state index contributed by atoms with van der Waals surface area (Å²) in [4.78, 5) is 11.7. The maximum absolute atomic E-state index is 11.7. The first-order valence-corrected chi connectivity index (χ1v) is 13.0. The number of hydrogen-bond donors (Lipinski definition) is 1. The van der Waals surface area contributed by atoms with Gasteiger partial charge in [0.05, 0.1) is 6.61 Å². The fraction of sp³-hybridized carbons (Fsp3) is 0.962. The summed E-state index contributed by atoms with van der Waals surface area (Å²) in [5.41, 5.74) is 0. The molecule has 0 saturated heterocycles. The predicted molar refractivity (Wildman–Crippen MR) is 127 cm³/mol. The van der Waals surface area contributed by atoms with Crippen LogP contribution in [0.3, 0.4) is 0 Å². The molecule has 3 nitrogen and oxygen atoms in total. The molecule has 0 saturated carbocycles. The lowest BCUT2D eigenvalue weighted by atomic mass is 10.1. The van der Waals surface area contributed by atoms with Crippen molar-refractivity contribution in [1.29, 1.82) is 0 Å². The number of carbonyl (C=O) groups is 1. The van der Waals surface area contributed by atoms with Crippen molar-refractivity contribution in [3.05, 3.63) is 0 Å². The SMILES string of the molecule is CCCCCCCCCCCCCC(=O)OCCCCCCCCCC.CCO. The van der Waals surface area contributed by atoms with E-state index < -0.39 is 0 Å². The van der Waals surface area contributed by atoms with Gasteiger partial charge in [-0.05, 0) is 19.8 Å². The lowest BCUT2D eigenvalue weighted by Gasteiger charge is -2.05. The molecule has 0 aliphatic heterocycles. The number of unbranched alkanes of at least 4 members (excludes halogenated alkanes) is 17. The minimum absolute atomic E-state index is 0.0175. The second kappa shape index (κ2) is 29.6. The summed E-state index contributed by atoms with van der Waals surface area (Å²) >= 11 is 0. The van der Waals surface area contributed by atoms with Gasteiger partial charge in [0.1, 0.15) is 0 Å². The summed E-state index contributed by atoms with van der Waals surface area (Å²) in [6, 6.07) is 0. The van der Waals surface area contributed by atoms with Crippen LogP contribution in [0.4, 0.5) is 0 Å². The number of aliphatic hydroxyl groups is 1. The number of hydrogen-bond acceptors (Lipinski definition) is 3. The van der Waals surface area contributed by atoms with Gasteiger partial charge in [-0.2, -0.15) is 0 Å². The Bertz CT molecular complexity index is 292. The average molecular weight is 415 g/mol. The normalized spacial score (nSPS) is 10.5. The molecular weight excluding hydrogens is 360 g/mol. The summed E-state index contributed by atoms with van der Waals surface area (Å²) in [7, 11) is 0. The van der Waals surface area contributed by atoms with Crippen LogP contribution in [-0.4, -0.2) is 24.3 Å². The van der Waals surface area contributed by atoms with Crippen LogP contribution in [0.15, 0.2) is 0 Å². The van der Waals surface area contributed by atoms with E-state index in [0.29, 0.717) is 13.0 Å². The molecule has 0 rings (SSSR count). The van der Waals surface area contributed by atoms with E-state index in [0.717, 1.165) is 12.8 Å². The first kappa shape index (κ1) is 30.6. The molecular formula is C26H54O3. The standard InChI is InChI=1S/C24H48O2.C2H6O/c1-3-5-7-9-11-13-14-15-16-18-20-22-24(25)26-23-21-19-17-12-10-8-6-4-2;1-2-3/h3-23H2,1-2H3;3H,2H2,1H3. The highest BCUT2D eigenvalue weighted by atomic mass is 16.5. The molecule has 0 aromatic rings. The van der Waals surface area contributed by atoms with Crippen LogP contribution in [0.25, 0.3) is 0 Å². The van der Waals surface area contributed by atoms with E-state index >= 15 is 0 Å². The van der Waals surface area contributed by atoms with Gasteiger partial charge in [0.15, 0.2) is 0 Å². The largest absolute Gasteiger partial charge is 0.466 e. The molecule has 0 heterocycles. The Hall–Kier alpha value is -0.570. The van der Waals surface area contributed by atoms with Crippen LogP contribution >= 0.6 is 0 Å². The average Bonchev–Trinajstić information content (AvgIpc) is 2.71. The molecule has 176 valence electrons. The zero-order valence-electron chi connectivity index (χ0n) is 20.3. The van der Waals surface area contributed by atoms with Crippen molar-refractivity contribution in [2.24, 2.45) is 0 Å². The summed E-state index contributed by atoms with van der Waals surface area (Å²) in [6.07, 6.45) is 25.5. The van der Waals surface area contributed by atoms with E-state index in [1.54, 1.807) is 6.92 Å². The number of carbonyl (C=O) groups excluding carboxylic acids is 1. The van der Waals surface area contributed by atoms with E-state index in [2.05, 4.69) is 13.8 Å².